The summed E-state index contributed by atoms with van der Waals surface area (Å²) in [7, 11) is 0. The molecule has 0 fully saturated rings. The summed E-state index contributed by atoms with van der Waals surface area (Å²) >= 11 is 0. The molecule has 0 aromatic carbocycles. The van der Waals surface area contributed by atoms with Crippen molar-refractivity contribution in [3.05, 3.63) is 12.2 Å². The van der Waals surface area contributed by atoms with Crippen LogP contribution in [0.15, 0.2) is 12.2 Å². The molecular weight excluding hydrogens is 202 g/mol. The third kappa shape index (κ3) is 3.63. The van der Waals surface area contributed by atoms with E-state index in [4.69, 9.17) is 5.11 Å². The molecule has 0 aromatic rings. The third-order valence-electron chi connectivity index (χ3n) is 3.52. The van der Waals surface area contributed by atoms with Crippen molar-refractivity contribution in [3.63, 3.8) is 0 Å². The molecule has 0 aromatic heterocycles. The minimum atomic E-state index is -0.675. The molecular formula is C13H23NO2. The van der Waals surface area contributed by atoms with Crippen LogP contribution < -0.4 is 0 Å². The van der Waals surface area contributed by atoms with Gasteiger partial charge in [0.15, 0.2) is 0 Å². The highest BCUT2D eigenvalue weighted by atomic mass is 16.4. The Labute approximate surface area is 98.1 Å². The van der Waals surface area contributed by atoms with Crippen LogP contribution in [0.3, 0.4) is 0 Å². The van der Waals surface area contributed by atoms with E-state index in [2.05, 4.69) is 30.9 Å². The summed E-state index contributed by atoms with van der Waals surface area (Å²) in [5.41, 5.74) is 0. The summed E-state index contributed by atoms with van der Waals surface area (Å²) in [4.78, 5) is 13.2. The van der Waals surface area contributed by atoms with Gasteiger partial charge in [0.05, 0.1) is 6.42 Å². The van der Waals surface area contributed by atoms with Crippen LogP contribution in [0, 0.1) is 5.92 Å². The highest BCUT2D eigenvalue weighted by Crippen LogP contribution is 2.27. The van der Waals surface area contributed by atoms with E-state index in [0.717, 1.165) is 32.4 Å². The number of nitrogens with zero attached hydrogens (tertiary/aromatic N) is 1. The van der Waals surface area contributed by atoms with Gasteiger partial charge in [0.2, 0.25) is 0 Å². The molecule has 0 saturated heterocycles. The number of carboxylic acids is 1. The zero-order valence-corrected chi connectivity index (χ0v) is 10.4. The van der Waals surface area contributed by atoms with Gasteiger partial charge in [0, 0.05) is 6.04 Å². The smallest absolute Gasteiger partial charge is 0.304 e. The van der Waals surface area contributed by atoms with Crippen LogP contribution >= 0.6 is 0 Å². The van der Waals surface area contributed by atoms with E-state index in [9.17, 15) is 4.79 Å². The standard InChI is InChI=1S/C13H23NO2/c1-3-14(4-2)12(10-13(15)16)11-8-6-5-7-9-11/h5-6,11-12H,3-4,7-10H2,1-2H3,(H,15,16). The maximum Gasteiger partial charge on any atom is 0.304 e. The average Bonchev–Trinajstić information content (AvgIpc) is 2.30. The highest BCUT2D eigenvalue weighted by Gasteiger charge is 2.27. The van der Waals surface area contributed by atoms with Crippen molar-refractivity contribution in [2.45, 2.75) is 45.6 Å². The minimum absolute atomic E-state index is 0.206. The molecule has 0 saturated carbocycles. The molecule has 1 aliphatic rings. The van der Waals surface area contributed by atoms with Gasteiger partial charge in [0.25, 0.3) is 0 Å². The molecule has 3 nitrogen and oxygen atoms in total. The summed E-state index contributed by atoms with van der Waals surface area (Å²) in [5, 5.41) is 9.01. The number of hydrogen-bond acceptors (Lipinski definition) is 2. The van der Waals surface area contributed by atoms with Gasteiger partial charge in [-0.1, -0.05) is 26.0 Å². The summed E-state index contributed by atoms with van der Waals surface area (Å²) in [5.74, 6) is -0.160. The molecule has 0 spiro atoms. The van der Waals surface area contributed by atoms with Crippen molar-refractivity contribution in [2.75, 3.05) is 13.1 Å². The SMILES string of the molecule is CCN(CC)C(CC(=O)O)C1CC=CCC1. The van der Waals surface area contributed by atoms with Gasteiger partial charge in [-0.15, -0.1) is 0 Å². The molecule has 2 atom stereocenters. The Morgan fingerprint density at radius 1 is 1.44 bits per heavy atom. The van der Waals surface area contributed by atoms with E-state index in [0.29, 0.717) is 5.92 Å². The maximum atomic E-state index is 10.9. The van der Waals surface area contributed by atoms with Crippen LogP contribution in [0.2, 0.25) is 0 Å². The summed E-state index contributed by atoms with van der Waals surface area (Å²) in [6.45, 7) is 6.09. The van der Waals surface area contributed by atoms with E-state index in [1.807, 2.05) is 0 Å². The molecule has 0 amide bonds. The fourth-order valence-electron chi connectivity index (χ4n) is 2.63. The fraction of sp³-hybridized carbons (Fsp3) is 0.769. The van der Waals surface area contributed by atoms with E-state index >= 15 is 0 Å². The Hall–Kier alpha value is -0.830. The number of carbonyl (C=O) groups is 1. The summed E-state index contributed by atoms with van der Waals surface area (Å²) in [6, 6.07) is 0.206. The van der Waals surface area contributed by atoms with Crippen LogP contribution in [-0.2, 0) is 4.79 Å². The molecule has 92 valence electrons. The van der Waals surface area contributed by atoms with Gasteiger partial charge in [-0.2, -0.15) is 0 Å². The second-order valence-corrected chi connectivity index (χ2v) is 4.43. The zero-order valence-electron chi connectivity index (χ0n) is 10.4. The Morgan fingerprint density at radius 3 is 2.56 bits per heavy atom. The van der Waals surface area contributed by atoms with Crippen molar-refractivity contribution < 1.29 is 9.90 Å². The number of rotatable bonds is 6. The van der Waals surface area contributed by atoms with Gasteiger partial charge >= 0.3 is 5.97 Å². The van der Waals surface area contributed by atoms with Crippen molar-refractivity contribution in [1.29, 1.82) is 0 Å². The second-order valence-electron chi connectivity index (χ2n) is 4.43. The number of aliphatic carboxylic acids is 1. The topological polar surface area (TPSA) is 40.5 Å². The predicted molar refractivity (Wildman–Crippen MR) is 65.4 cm³/mol. The molecule has 1 aliphatic carbocycles. The minimum Gasteiger partial charge on any atom is -0.481 e. The lowest BCUT2D eigenvalue weighted by atomic mass is 9.85. The Kier molecular flexibility index (Phi) is 5.53. The summed E-state index contributed by atoms with van der Waals surface area (Å²) in [6.07, 6.45) is 7.95. The Morgan fingerprint density at radius 2 is 2.12 bits per heavy atom. The second kappa shape index (κ2) is 6.69. The lowest BCUT2D eigenvalue weighted by molar-refractivity contribution is -0.139. The van der Waals surface area contributed by atoms with Gasteiger partial charge in [-0.25, -0.2) is 0 Å². The van der Waals surface area contributed by atoms with Gasteiger partial charge < -0.3 is 10.0 Å². The Balaban J connectivity index is 2.68. The molecule has 0 bridgehead atoms. The van der Waals surface area contributed by atoms with E-state index in [-0.39, 0.29) is 12.5 Å². The highest BCUT2D eigenvalue weighted by molar-refractivity contribution is 5.67. The predicted octanol–water partition coefficient (Wildman–Crippen LogP) is 2.53. The first-order chi connectivity index (χ1) is 7.69. The number of allylic oxidation sites excluding steroid dienone is 2. The molecule has 1 N–H and O–H groups in total. The first-order valence-electron chi connectivity index (χ1n) is 6.29. The van der Waals surface area contributed by atoms with Crippen LogP contribution in [0.4, 0.5) is 0 Å². The average molecular weight is 225 g/mol. The first-order valence-corrected chi connectivity index (χ1v) is 6.29. The molecule has 1 rings (SSSR count). The van der Waals surface area contributed by atoms with E-state index in [1.54, 1.807) is 0 Å². The van der Waals surface area contributed by atoms with Gasteiger partial charge in [0.1, 0.15) is 0 Å². The van der Waals surface area contributed by atoms with Crippen molar-refractivity contribution in [3.8, 4) is 0 Å². The molecule has 0 heterocycles. The number of hydrogen-bond donors (Lipinski definition) is 1. The van der Waals surface area contributed by atoms with Crippen LogP contribution in [0.25, 0.3) is 0 Å². The summed E-state index contributed by atoms with van der Waals surface area (Å²) < 4.78 is 0. The largest absolute Gasteiger partial charge is 0.481 e. The van der Waals surface area contributed by atoms with Crippen LogP contribution in [0.1, 0.15) is 39.5 Å². The van der Waals surface area contributed by atoms with Crippen molar-refractivity contribution in [2.24, 2.45) is 5.92 Å². The fourth-order valence-corrected chi connectivity index (χ4v) is 2.63. The molecule has 0 aliphatic heterocycles. The van der Waals surface area contributed by atoms with Crippen LogP contribution in [0.5, 0.6) is 0 Å². The zero-order chi connectivity index (χ0) is 12.0. The Bertz CT molecular complexity index is 246. The normalized spacial score (nSPS) is 22.3. The van der Waals surface area contributed by atoms with Crippen molar-refractivity contribution >= 4 is 5.97 Å². The van der Waals surface area contributed by atoms with E-state index < -0.39 is 5.97 Å². The first kappa shape index (κ1) is 13.2. The third-order valence-corrected chi connectivity index (χ3v) is 3.52. The lowest BCUT2D eigenvalue weighted by Gasteiger charge is -2.35. The van der Waals surface area contributed by atoms with Gasteiger partial charge in [-0.3, -0.25) is 4.79 Å². The molecule has 16 heavy (non-hydrogen) atoms. The quantitative estimate of drug-likeness (QED) is 0.706. The molecule has 3 heteroatoms. The van der Waals surface area contributed by atoms with E-state index in [1.165, 1.54) is 0 Å². The van der Waals surface area contributed by atoms with Gasteiger partial charge in [-0.05, 0) is 38.3 Å². The van der Waals surface area contributed by atoms with Crippen LogP contribution in [-0.4, -0.2) is 35.1 Å². The molecule has 0 radical (unpaired) electrons. The van der Waals surface area contributed by atoms with Crippen molar-refractivity contribution in [1.82, 2.24) is 4.90 Å². The lowest BCUT2D eigenvalue weighted by Crippen LogP contribution is -2.42. The maximum absolute atomic E-state index is 10.9. The number of carboxylic acid groups (broad SMARTS) is 1. The molecule has 2 unspecified atom stereocenters. The monoisotopic (exact) mass is 225 g/mol.